The molecule has 0 radical (unpaired) electrons. The van der Waals surface area contributed by atoms with Crippen molar-refractivity contribution >= 4 is 5.91 Å². The Labute approximate surface area is 142 Å². The van der Waals surface area contributed by atoms with E-state index in [0.717, 1.165) is 12.0 Å². The Hall–Kier alpha value is -2.88. The Morgan fingerprint density at radius 1 is 0.958 bits per heavy atom. The molecule has 0 bridgehead atoms. The van der Waals surface area contributed by atoms with E-state index in [1.165, 1.54) is 11.1 Å². The molecule has 3 aromatic rings. The summed E-state index contributed by atoms with van der Waals surface area (Å²) in [6.07, 6.45) is 4.98. The molecule has 4 nitrogen and oxygen atoms in total. The molecule has 3 rings (SSSR count). The summed E-state index contributed by atoms with van der Waals surface area (Å²) in [4.78, 5) is 12.1. The van der Waals surface area contributed by atoms with Crippen molar-refractivity contribution in [2.24, 2.45) is 0 Å². The summed E-state index contributed by atoms with van der Waals surface area (Å²) in [5, 5.41) is 7.26. The van der Waals surface area contributed by atoms with Gasteiger partial charge in [0.05, 0.1) is 6.54 Å². The third-order valence-electron chi connectivity index (χ3n) is 3.97. The highest BCUT2D eigenvalue weighted by atomic mass is 16.1. The van der Waals surface area contributed by atoms with Gasteiger partial charge in [-0.1, -0.05) is 54.6 Å². The lowest BCUT2D eigenvalue weighted by Crippen LogP contribution is -2.23. The van der Waals surface area contributed by atoms with E-state index in [1.54, 1.807) is 6.20 Å². The van der Waals surface area contributed by atoms with Crippen LogP contribution in [0.25, 0.3) is 0 Å². The molecule has 0 fully saturated rings. The van der Waals surface area contributed by atoms with Gasteiger partial charge < -0.3 is 5.32 Å². The van der Waals surface area contributed by atoms with Crippen LogP contribution in [0, 0.1) is 0 Å². The Bertz CT molecular complexity index is 767. The number of aromatic nitrogens is 2. The van der Waals surface area contributed by atoms with Gasteiger partial charge in [-0.15, -0.1) is 0 Å². The maximum Gasteiger partial charge on any atom is 0.220 e. The summed E-state index contributed by atoms with van der Waals surface area (Å²) in [7, 11) is 0. The van der Waals surface area contributed by atoms with E-state index in [-0.39, 0.29) is 5.91 Å². The van der Waals surface area contributed by atoms with E-state index >= 15 is 0 Å². The predicted octanol–water partition coefficient (Wildman–Crippen LogP) is 3.18. The molecular weight excluding hydrogens is 298 g/mol. The molecule has 24 heavy (non-hydrogen) atoms. The summed E-state index contributed by atoms with van der Waals surface area (Å²) in [5.41, 5.74) is 3.48. The fourth-order valence-corrected chi connectivity index (χ4v) is 2.64. The quantitative estimate of drug-likeness (QED) is 0.727. The van der Waals surface area contributed by atoms with Crippen molar-refractivity contribution < 1.29 is 4.79 Å². The topological polar surface area (TPSA) is 46.9 Å². The highest BCUT2D eigenvalue weighted by Crippen LogP contribution is 2.10. The van der Waals surface area contributed by atoms with E-state index in [4.69, 9.17) is 0 Å². The number of benzene rings is 2. The van der Waals surface area contributed by atoms with Gasteiger partial charge in [0.25, 0.3) is 0 Å². The van der Waals surface area contributed by atoms with Gasteiger partial charge in [0.1, 0.15) is 0 Å². The Morgan fingerprint density at radius 2 is 1.71 bits per heavy atom. The molecule has 1 N–H and O–H groups in total. The summed E-state index contributed by atoms with van der Waals surface area (Å²) < 4.78 is 1.88. The number of amides is 1. The Kier molecular flexibility index (Phi) is 5.40. The molecule has 0 aliphatic rings. The third kappa shape index (κ3) is 4.56. The number of rotatable bonds is 7. The lowest BCUT2D eigenvalue weighted by molar-refractivity contribution is -0.121. The molecule has 0 unspecified atom stereocenters. The molecular formula is C20H21N3O. The lowest BCUT2D eigenvalue weighted by atomic mass is 10.1. The van der Waals surface area contributed by atoms with Crippen molar-refractivity contribution in [1.82, 2.24) is 15.1 Å². The van der Waals surface area contributed by atoms with E-state index in [2.05, 4.69) is 22.5 Å². The van der Waals surface area contributed by atoms with Crippen LogP contribution in [0.15, 0.2) is 73.1 Å². The molecule has 1 aromatic heterocycles. The first-order valence-electron chi connectivity index (χ1n) is 8.16. The smallest absolute Gasteiger partial charge is 0.220 e. The molecule has 0 saturated heterocycles. The summed E-state index contributed by atoms with van der Waals surface area (Å²) in [6.45, 7) is 1.26. The van der Waals surface area contributed by atoms with Crippen molar-refractivity contribution in [3.05, 3.63) is 89.7 Å². The SMILES string of the molecule is O=C(CCc1ccccc1)NCc1ccccc1Cn1cccn1. The fourth-order valence-electron chi connectivity index (χ4n) is 2.64. The molecule has 4 heteroatoms. The molecule has 0 atom stereocenters. The van der Waals surface area contributed by atoms with Crippen LogP contribution in [0.1, 0.15) is 23.1 Å². The first-order valence-corrected chi connectivity index (χ1v) is 8.16. The van der Waals surface area contributed by atoms with Crippen LogP contribution in [-0.4, -0.2) is 15.7 Å². The van der Waals surface area contributed by atoms with Gasteiger partial charge in [0.15, 0.2) is 0 Å². The van der Waals surface area contributed by atoms with E-state index in [0.29, 0.717) is 19.5 Å². The van der Waals surface area contributed by atoms with Crippen molar-refractivity contribution in [2.75, 3.05) is 0 Å². The van der Waals surface area contributed by atoms with Crippen LogP contribution >= 0.6 is 0 Å². The maximum absolute atomic E-state index is 12.1. The maximum atomic E-state index is 12.1. The third-order valence-corrected chi connectivity index (χ3v) is 3.97. The molecule has 2 aromatic carbocycles. The highest BCUT2D eigenvalue weighted by Gasteiger charge is 2.06. The summed E-state index contributed by atoms with van der Waals surface area (Å²) in [6, 6.07) is 20.1. The number of carbonyl (C=O) groups excluding carboxylic acids is 1. The minimum absolute atomic E-state index is 0.0766. The zero-order valence-electron chi connectivity index (χ0n) is 13.6. The van der Waals surface area contributed by atoms with Gasteiger partial charge in [-0.3, -0.25) is 9.48 Å². The fraction of sp³-hybridized carbons (Fsp3) is 0.200. The molecule has 122 valence electrons. The molecule has 0 saturated carbocycles. The summed E-state index contributed by atoms with van der Waals surface area (Å²) >= 11 is 0. The van der Waals surface area contributed by atoms with Crippen molar-refractivity contribution in [1.29, 1.82) is 0 Å². The normalized spacial score (nSPS) is 10.5. The van der Waals surface area contributed by atoms with Gasteiger partial charge in [0.2, 0.25) is 5.91 Å². The predicted molar refractivity (Wildman–Crippen MR) is 94.4 cm³/mol. The number of carbonyl (C=O) groups is 1. The molecule has 1 heterocycles. The summed E-state index contributed by atoms with van der Waals surface area (Å²) in [5.74, 6) is 0.0766. The molecule has 0 spiro atoms. The molecule has 0 aliphatic carbocycles. The van der Waals surface area contributed by atoms with E-state index in [1.807, 2.05) is 59.4 Å². The average molecular weight is 319 g/mol. The van der Waals surface area contributed by atoms with Crippen LogP contribution in [0.5, 0.6) is 0 Å². The van der Waals surface area contributed by atoms with E-state index < -0.39 is 0 Å². The monoisotopic (exact) mass is 319 g/mol. The molecule has 0 aliphatic heterocycles. The van der Waals surface area contributed by atoms with Gasteiger partial charge in [0, 0.05) is 25.4 Å². The van der Waals surface area contributed by atoms with Gasteiger partial charge in [-0.05, 0) is 29.2 Å². The van der Waals surface area contributed by atoms with Gasteiger partial charge in [-0.25, -0.2) is 0 Å². The number of hydrogen-bond donors (Lipinski definition) is 1. The Balaban J connectivity index is 1.53. The first kappa shape index (κ1) is 16.0. The van der Waals surface area contributed by atoms with Crippen molar-refractivity contribution in [3.63, 3.8) is 0 Å². The molecule has 1 amide bonds. The number of nitrogens with one attached hydrogen (secondary N) is 1. The van der Waals surface area contributed by atoms with Gasteiger partial charge >= 0.3 is 0 Å². The van der Waals surface area contributed by atoms with Crippen LogP contribution in [0.2, 0.25) is 0 Å². The Morgan fingerprint density at radius 3 is 2.46 bits per heavy atom. The second-order valence-corrected chi connectivity index (χ2v) is 5.73. The number of nitrogens with zero attached hydrogens (tertiary/aromatic N) is 2. The van der Waals surface area contributed by atoms with Crippen LogP contribution in [0.3, 0.4) is 0 Å². The first-order chi connectivity index (χ1) is 11.8. The van der Waals surface area contributed by atoms with Crippen molar-refractivity contribution in [2.45, 2.75) is 25.9 Å². The van der Waals surface area contributed by atoms with Gasteiger partial charge in [-0.2, -0.15) is 5.10 Å². The average Bonchev–Trinajstić information content (AvgIpc) is 3.13. The van der Waals surface area contributed by atoms with E-state index in [9.17, 15) is 4.79 Å². The zero-order valence-corrected chi connectivity index (χ0v) is 13.6. The minimum Gasteiger partial charge on any atom is -0.352 e. The second kappa shape index (κ2) is 8.11. The minimum atomic E-state index is 0.0766. The van der Waals surface area contributed by atoms with Crippen LogP contribution < -0.4 is 5.32 Å². The number of aryl methyl sites for hydroxylation is 1. The lowest BCUT2D eigenvalue weighted by Gasteiger charge is -2.11. The van der Waals surface area contributed by atoms with Crippen molar-refractivity contribution in [3.8, 4) is 0 Å². The highest BCUT2D eigenvalue weighted by molar-refractivity contribution is 5.76. The van der Waals surface area contributed by atoms with Crippen LogP contribution in [0.4, 0.5) is 0 Å². The standard InChI is InChI=1S/C20H21N3O/c24-20(12-11-17-7-2-1-3-8-17)21-15-18-9-4-5-10-19(18)16-23-14-6-13-22-23/h1-10,13-14H,11-12,15-16H2,(H,21,24). The second-order valence-electron chi connectivity index (χ2n) is 5.73. The largest absolute Gasteiger partial charge is 0.352 e. The number of hydrogen-bond acceptors (Lipinski definition) is 2. The van der Waals surface area contributed by atoms with Crippen LogP contribution in [-0.2, 0) is 24.3 Å². The zero-order chi connectivity index (χ0) is 16.6.